The predicted octanol–water partition coefficient (Wildman–Crippen LogP) is 7.25. The standard InChI is InChI=1S/C29H29NO3/c1-32-29(31)23-14-17-25-26(18-23)30-28(27(25)21-10-6-3-7-11-21)22-12-15-24(16-13-22)33-19-20-8-4-2-5-9-20/h2,4-5,8-9,12-18,21,30H,3,6-7,10-11,19H2,1H3. The number of methoxy groups -OCH3 is 1. The van der Waals surface area contributed by atoms with Gasteiger partial charge in [0.25, 0.3) is 0 Å². The maximum Gasteiger partial charge on any atom is 0.337 e. The van der Waals surface area contributed by atoms with E-state index in [4.69, 9.17) is 9.47 Å². The van der Waals surface area contributed by atoms with Gasteiger partial charge >= 0.3 is 5.97 Å². The number of rotatable bonds is 6. The first kappa shape index (κ1) is 21.3. The second-order valence-corrected chi connectivity index (χ2v) is 8.80. The molecule has 1 N–H and O–H groups in total. The van der Waals surface area contributed by atoms with Gasteiger partial charge < -0.3 is 14.5 Å². The number of hydrogen-bond donors (Lipinski definition) is 1. The molecule has 33 heavy (non-hydrogen) atoms. The number of benzene rings is 3. The Morgan fingerprint density at radius 2 is 1.70 bits per heavy atom. The van der Waals surface area contributed by atoms with Gasteiger partial charge in [-0.05, 0) is 71.8 Å². The zero-order valence-corrected chi connectivity index (χ0v) is 19.0. The number of carbonyl (C=O) groups excluding carboxylic acids is 1. The van der Waals surface area contributed by atoms with Crippen LogP contribution < -0.4 is 4.74 Å². The molecule has 3 aromatic carbocycles. The third-order valence-electron chi connectivity index (χ3n) is 6.66. The van der Waals surface area contributed by atoms with Gasteiger partial charge in [0.05, 0.1) is 12.7 Å². The first-order chi connectivity index (χ1) is 16.2. The summed E-state index contributed by atoms with van der Waals surface area (Å²) in [5.74, 6) is 1.07. The number of nitrogens with one attached hydrogen (secondary N) is 1. The minimum absolute atomic E-state index is 0.313. The first-order valence-electron chi connectivity index (χ1n) is 11.7. The van der Waals surface area contributed by atoms with Gasteiger partial charge in [-0.1, -0.05) is 55.7 Å². The Balaban J connectivity index is 1.48. The minimum atomic E-state index is -0.313. The van der Waals surface area contributed by atoms with Crippen molar-refractivity contribution in [2.75, 3.05) is 7.11 Å². The molecule has 1 aliphatic carbocycles. The summed E-state index contributed by atoms with van der Waals surface area (Å²) in [5.41, 5.74) is 6.36. The van der Waals surface area contributed by atoms with Crippen molar-refractivity contribution in [2.45, 2.75) is 44.6 Å². The fraction of sp³-hybridized carbons (Fsp3) is 0.276. The lowest BCUT2D eigenvalue weighted by molar-refractivity contribution is 0.0601. The van der Waals surface area contributed by atoms with E-state index >= 15 is 0 Å². The van der Waals surface area contributed by atoms with Crippen LogP contribution in [-0.2, 0) is 11.3 Å². The molecule has 5 rings (SSSR count). The van der Waals surface area contributed by atoms with Crippen LogP contribution in [-0.4, -0.2) is 18.1 Å². The molecule has 168 valence electrons. The summed E-state index contributed by atoms with van der Waals surface area (Å²) in [6.45, 7) is 0.552. The molecule has 1 saturated carbocycles. The van der Waals surface area contributed by atoms with E-state index in [1.54, 1.807) is 0 Å². The Morgan fingerprint density at radius 1 is 0.939 bits per heavy atom. The molecule has 0 saturated heterocycles. The normalized spacial score (nSPS) is 14.3. The van der Waals surface area contributed by atoms with Crippen LogP contribution in [0, 0.1) is 0 Å². The third kappa shape index (κ3) is 4.51. The maximum absolute atomic E-state index is 12.1. The molecule has 1 aromatic heterocycles. The number of carbonyl (C=O) groups is 1. The van der Waals surface area contributed by atoms with Crippen LogP contribution in [0.25, 0.3) is 22.2 Å². The van der Waals surface area contributed by atoms with E-state index < -0.39 is 0 Å². The summed E-state index contributed by atoms with van der Waals surface area (Å²) in [6, 6.07) is 24.4. The van der Waals surface area contributed by atoms with E-state index in [9.17, 15) is 4.79 Å². The SMILES string of the molecule is COC(=O)c1ccc2c(C3CCCCC3)c(-c3ccc(OCc4ccccc4)cc3)[nH]c2c1. The number of hydrogen-bond acceptors (Lipinski definition) is 3. The average molecular weight is 440 g/mol. The monoisotopic (exact) mass is 439 g/mol. The second kappa shape index (κ2) is 9.53. The van der Waals surface area contributed by atoms with E-state index in [-0.39, 0.29) is 5.97 Å². The lowest BCUT2D eigenvalue weighted by Gasteiger charge is -2.23. The number of fused-ring (bicyclic) bond motifs is 1. The Hall–Kier alpha value is -3.53. The van der Waals surface area contributed by atoms with Crippen molar-refractivity contribution in [2.24, 2.45) is 0 Å². The van der Waals surface area contributed by atoms with Crippen molar-refractivity contribution in [3.8, 4) is 17.0 Å². The summed E-state index contributed by atoms with van der Waals surface area (Å²) >= 11 is 0. The van der Waals surface area contributed by atoms with Gasteiger partial charge in [0, 0.05) is 16.6 Å². The van der Waals surface area contributed by atoms with Crippen molar-refractivity contribution in [3.05, 3.63) is 89.5 Å². The summed E-state index contributed by atoms with van der Waals surface area (Å²) in [7, 11) is 1.42. The molecule has 0 aliphatic heterocycles. The Labute approximate surface area is 194 Å². The third-order valence-corrected chi connectivity index (χ3v) is 6.66. The number of H-pyrrole nitrogens is 1. The van der Waals surface area contributed by atoms with Crippen molar-refractivity contribution in [1.82, 2.24) is 4.98 Å². The van der Waals surface area contributed by atoms with Crippen LogP contribution in [0.1, 0.15) is 59.5 Å². The molecule has 4 heteroatoms. The molecule has 4 nitrogen and oxygen atoms in total. The van der Waals surface area contributed by atoms with Crippen LogP contribution in [0.5, 0.6) is 5.75 Å². The van der Waals surface area contributed by atoms with Crippen LogP contribution >= 0.6 is 0 Å². The summed E-state index contributed by atoms with van der Waals surface area (Å²) in [6.07, 6.45) is 6.26. The fourth-order valence-corrected chi connectivity index (χ4v) is 4.97. The average Bonchev–Trinajstić information content (AvgIpc) is 3.27. The van der Waals surface area contributed by atoms with Crippen molar-refractivity contribution >= 4 is 16.9 Å². The van der Waals surface area contributed by atoms with Gasteiger partial charge in [-0.3, -0.25) is 0 Å². The molecule has 0 bridgehead atoms. The molecule has 0 radical (unpaired) electrons. The van der Waals surface area contributed by atoms with Crippen molar-refractivity contribution in [1.29, 1.82) is 0 Å². The summed E-state index contributed by atoms with van der Waals surface area (Å²) in [5, 5.41) is 1.20. The molecule has 0 amide bonds. The molecule has 0 spiro atoms. The van der Waals surface area contributed by atoms with Gasteiger partial charge in [0.2, 0.25) is 0 Å². The largest absolute Gasteiger partial charge is 0.489 e. The van der Waals surface area contributed by atoms with Crippen LogP contribution in [0.3, 0.4) is 0 Å². The molecule has 0 atom stereocenters. The van der Waals surface area contributed by atoms with Crippen molar-refractivity contribution in [3.63, 3.8) is 0 Å². The second-order valence-electron chi connectivity index (χ2n) is 8.80. The molecule has 1 fully saturated rings. The van der Waals surface area contributed by atoms with E-state index in [0.29, 0.717) is 18.1 Å². The van der Waals surface area contributed by atoms with E-state index in [2.05, 4.69) is 35.3 Å². The molecular formula is C29H29NO3. The minimum Gasteiger partial charge on any atom is -0.489 e. The highest BCUT2D eigenvalue weighted by atomic mass is 16.5. The number of esters is 1. The van der Waals surface area contributed by atoms with Gasteiger partial charge in [-0.25, -0.2) is 4.79 Å². The van der Waals surface area contributed by atoms with Crippen LogP contribution in [0.2, 0.25) is 0 Å². The van der Waals surface area contributed by atoms with Gasteiger partial charge in [-0.15, -0.1) is 0 Å². The quantitative estimate of drug-likeness (QED) is 0.322. The van der Waals surface area contributed by atoms with Crippen molar-refractivity contribution < 1.29 is 14.3 Å². The lowest BCUT2D eigenvalue weighted by atomic mass is 9.82. The first-order valence-corrected chi connectivity index (χ1v) is 11.7. The summed E-state index contributed by atoms with van der Waals surface area (Å²) < 4.78 is 10.9. The highest BCUT2D eigenvalue weighted by Gasteiger charge is 2.24. The number of ether oxygens (including phenoxy) is 2. The van der Waals surface area contributed by atoms with Gasteiger partial charge in [0.1, 0.15) is 12.4 Å². The maximum atomic E-state index is 12.1. The van der Waals surface area contributed by atoms with E-state index in [1.807, 2.05) is 42.5 Å². The van der Waals surface area contributed by atoms with Gasteiger partial charge in [0.15, 0.2) is 0 Å². The van der Waals surface area contributed by atoms with Crippen LogP contribution in [0.15, 0.2) is 72.8 Å². The Morgan fingerprint density at radius 3 is 2.42 bits per heavy atom. The molecule has 1 heterocycles. The molecular weight excluding hydrogens is 410 g/mol. The molecule has 1 aliphatic rings. The van der Waals surface area contributed by atoms with E-state index in [1.165, 1.54) is 50.2 Å². The Bertz CT molecular complexity index is 1240. The topological polar surface area (TPSA) is 51.3 Å². The zero-order chi connectivity index (χ0) is 22.6. The highest BCUT2D eigenvalue weighted by molar-refractivity contribution is 5.98. The number of aromatic amines is 1. The fourth-order valence-electron chi connectivity index (χ4n) is 4.97. The predicted molar refractivity (Wildman–Crippen MR) is 132 cm³/mol. The van der Waals surface area contributed by atoms with Crippen LogP contribution in [0.4, 0.5) is 0 Å². The Kier molecular flexibility index (Phi) is 6.16. The smallest absolute Gasteiger partial charge is 0.337 e. The van der Waals surface area contributed by atoms with Gasteiger partial charge in [-0.2, -0.15) is 0 Å². The lowest BCUT2D eigenvalue weighted by Crippen LogP contribution is -2.05. The zero-order valence-electron chi connectivity index (χ0n) is 19.0. The van der Waals surface area contributed by atoms with E-state index in [0.717, 1.165) is 28.1 Å². The summed E-state index contributed by atoms with van der Waals surface area (Å²) in [4.78, 5) is 15.7. The molecule has 4 aromatic rings. The number of aromatic nitrogens is 1. The highest BCUT2D eigenvalue weighted by Crippen LogP contribution is 2.42. The molecule has 0 unspecified atom stereocenters.